The molecule has 2 rings (SSSR count). The summed E-state index contributed by atoms with van der Waals surface area (Å²) in [4.78, 5) is 16.6. The molecule has 0 aliphatic carbocycles. The van der Waals surface area contributed by atoms with Crippen LogP contribution >= 0.6 is 15.9 Å². The average molecular weight is 312 g/mol. The maximum Gasteiger partial charge on any atom is 0.231 e. The predicted octanol–water partition coefficient (Wildman–Crippen LogP) is 2.48. The fourth-order valence-electron chi connectivity index (χ4n) is 2.19. The first-order valence-corrected chi connectivity index (χ1v) is 6.96. The molecule has 0 spiro atoms. The maximum absolute atomic E-state index is 12.3. The Hall–Kier alpha value is -0.940. The van der Waals surface area contributed by atoms with Gasteiger partial charge >= 0.3 is 0 Å². The number of piperidine rings is 1. The Morgan fingerprint density at radius 3 is 2.94 bits per heavy atom. The number of anilines is 1. The molecular weight excluding hydrogens is 294 g/mol. The van der Waals surface area contributed by atoms with Crippen molar-refractivity contribution in [2.24, 2.45) is 5.41 Å². The normalized spacial score (nSPS) is 23.7. The highest BCUT2D eigenvalue weighted by Crippen LogP contribution is 2.28. The third-order valence-electron chi connectivity index (χ3n) is 3.45. The number of hydrogen-bond donors (Lipinski definition) is 2. The van der Waals surface area contributed by atoms with Crippen molar-refractivity contribution in [3.8, 4) is 0 Å². The number of carbonyl (C=O) groups excluding carboxylic acids is 1. The Bertz CT molecular complexity index is 456. The molecule has 0 saturated carbocycles. The lowest BCUT2D eigenvalue weighted by Crippen LogP contribution is -2.46. The van der Waals surface area contributed by atoms with E-state index in [-0.39, 0.29) is 11.3 Å². The minimum absolute atomic E-state index is 0.0712. The van der Waals surface area contributed by atoms with Gasteiger partial charge in [-0.05, 0) is 61.3 Å². The molecule has 1 aliphatic rings. The number of hydrogen-bond acceptors (Lipinski definition) is 3. The van der Waals surface area contributed by atoms with Gasteiger partial charge in [-0.1, -0.05) is 0 Å². The largest absolute Gasteiger partial charge is 0.324 e. The van der Waals surface area contributed by atoms with E-state index in [2.05, 4.69) is 31.5 Å². The van der Waals surface area contributed by atoms with E-state index in [4.69, 9.17) is 0 Å². The minimum atomic E-state index is -0.322. The van der Waals surface area contributed by atoms with Crippen molar-refractivity contribution in [1.82, 2.24) is 10.3 Å². The van der Waals surface area contributed by atoms with Crippen LogP contribution in [0.2, 0.25) is 0 Å². The van der Waals surface area contributed by atoms with E-state index >= 15 is 0 Å². The number of halogens is 1. The number of aryl methyl sites for hydroxylation is 1. The quantitative estimate of drug-likeness (QED) is 0.825. The lowest BCUT2D eigenvalue weighted by molar-refractivity contribution is -0.125. The topological polar surface area (TPSA) is 54.0 Å². The molecule has 1 aliphatic heterocycles. The summed E-state index contributed by atoms with van der Waals surface area (Å²) in [5.41, 5.74) is 1.29. The van der Waals surface area contributed by atoms with E-state index in [1.807, 2.05) is 26.0 Å². The van der Waals surface area contributed by atoms with Gasteiger partial charge in [-0.2, -0.15) is 0 Å². The molecule has 98 valence electrons. The van der Waals surface area contributed by atoms with Crippen LogP contribution in [0.1, 0.15) is 25.5 Å². The molecular formula is C13H18BrN3O. The van der Waals surface area contributed by atoms with Crippen LogP contribution in [-0.2, 0) is 4.79 Å². The first-order chi connectivity index (χ1) is 8.51. The zero-order chi connectivity index (χ0) is 13.2. The van der Waals surface area contributed by atoms with Gasteiger partial charge in [0.05, 0.1) is 16.8 Å². The number of pyridine rings is 1. The number of nitrogens with zero attached hydrogens (tertiary/aromatic N) is 1. The highest BCUT2D eigenvalue weighted by molar-refractivity contribution is 9.10. The van der Waals surface area contributed by atoms with Gasteiger partial charge in [0.15, 0.2) is 0 Å². The van der Waals surface area contributed by atoms with Crippen molar-refractivity contribution in [1.29, 1.82) is 0 Å². The molecule has 4 nitrogen and oxygen atoms in total. The lowest BCUT2D eigenvalue weighted by atomic mass is 9.82. The Kier molecular flexibility index (Phi) is 4.02. The number of rotatable bonds is 2. The van der Waals surface area contributed by atoms with Gasteiger partial charge in [-0.3, -0.25) is 4.79 Å². The summed E-state index contributed by atoms with van der Waals surface area (Å²) in [6, 6.07) is 3.72. The van der Waals surface area contributed by atoms with E-state index < -0.39 is 0 Å². The van der Waals surface area contributed by atoms with Crippen LogP contribution in [0.25, 0.3) is 0 Å². The second kappa shape index (κ2) is 5.36. The van der Waals surface area contributed by atoms with Crippen LogP contribution in [-0.4, -0.2) is 24.0 Å². The lowest BCUT2D eigenvalue weighted by Gasteiger charge is -2.32. The first kappa shape index (κ1) is 13.5. The van der Waals surface area contributed by atoms with Gasteiger partial charge in [-0.15, -0.1) is 0 Å². The Morgan fingerprint density at radius 1 is 1.56 bits per heavy atom. The molecule has 1 atom stereocenters. The summed E-state index contributed by atoms with van der Waals surface area (Å²) in [6.07, 6.45) is 1.97. The zero-order valence-electron chi connectivity index (χ0n) is 10.7. The number of amides is 1. The van der Waals surface area contributed by atoms with Gasteiger partial charge in [0, 0.05) is 6.54 Å². The summed E-state index contributed by atoms with van der Waals surface area (Å²) >= 11 is 3.32. The second-order valence-electron chi connectivity index (χ2n) is 5.06. The molecule has 5 heteroatoms. The van der Waals surface area contributed by atoms with Crippen LogP contribution in [0.5, 0.6) is 0 Å². The van der Waals surface area contributed by atoms with Gasteiger partial charge in [-0.25, -0.2) is 4.98 Å². The molecule has 1 saturated heterocycles. The molecule has 1 aromatic rings. The van der Waals surface area contributed by atoms with Crippen LogP contribution in [0.3, 0.4) is 0 Å². The van der Waals surface area contributed by atoms with Crippen molar-refractivity contribution in [2.45, 2.75) is 26.7 Å². The van der Waals surface area contributed by atoms with Crippen LogP contribution in [0, 0.1) is 12.3 Å². The number of nitrogens with one attached hydrogen (secondary N) is 2. The third-order valence-corrected chi connectivity index (χ3v) is 3.89. The van der Waals surface area contributed by atoms with Gasteiger partial charge in [0.1, 0.15) is 4.60 Å². The summed E-state index contributed by atoms with van der Waals surface area (Å²) < 4.78 is 0.781. The van der Waals surface area contributed by atoms with Crippen LogP contribution in [0.4, 0.5) is 5.69 Å². The van der Waals surface area contributed by atoms with E-state index in [9.17, 15) is 4.79 Å². The minimum Gasteiger partial charge on any atom is -0.324 e. The van der Waals surface area contributed by atoms with Gasteiger partial charge in [0.25, 0.3) is 0 Å². The molecule has 1 amide bonds. The number of carbonyl (C=O) groups is 1. The molecule has 1 aromatic heterocycles. The smallest absolute Gasteiger partial charge is 0.231 e. The fourth-order valence-corrected chi connectivity index (χ4v) is 2.58. The summed E-state index contributed by atoms with van der Waals surface area (Å²) in [5.74, 6) is 0.0712. The van der Waals surface area contributed by atoms with E-state index in [1.54, 1.807) is 0 Å². The Labute approximate surface area is 116 Å². The average Bonchev–Trinajstić information content (AvgIpc) is 2.33. The molecule has 1 fully saturated rings. The monoisotopic (exact) mass is 311 g/mol. The molecule has 1 unspecified atom stereocenters. The summed E-state index contributed by atoms with van der Waals surface area (Å²) in [6.45, 7) is 5.64. The van der Waals surface area contributed by atoms with Gasteiger partial charge in [0.2, 0.25) is 5.91 Å². The zero-order valence-corrected chi connectivity index (χ0v) is 12.3. The maximum atomic E-state index is 12.3. The standard InChI is InChI=1S/C13H18BrN3O/c1-9-10(4-5-11(14)16-9)17-12(18)13(2)6-3-7-15-8-13/h4-5,15H,3,6-8H2,1-2H3,(H,17,18). The van der Waals surface area contributed by atoms with Crippen molar-refractivity contribution in [2.75, 3.05) is 18.4 Å². The highest BCUT2D eigenvalue weighted by Gasteiger charge is 2.34. The molecule has 2 heterocycles. The fraction of sp³-hybridized carbons (Fsp3) is 0.538. The Balaban J connectivity index is 2.11. The van der Waals surface area contributed by atoms with Crippen LogP contribution in [0.15, 0.2) is 16.7 Å². The van der Waals surface area contributed by atoms with Crippen molar-refractivity contribution >= 4 is 27.5 Å². The molecule has 2 N–H and O–H groups in total. The highest BCUT2D eigenvalue weighted by atomic mass is 79.9. The van der Waals surface area contributed by atoms with Crippen molar-refractivity contribution in [3.63, 3.8) is 0 Å². The molecule has 0 aromatic carbocycles. The Morgan fingerprint density at radius 2 is 2.33 bits per heavy atom. The second-order valence-corrected chi connectivity index (χ2v) is 5.87. The molecule has 0 bridgehead atoms. The van der Waals surface area contributed by atoms with Crippen LogP contribution < -0.4 is 10.6 Å². The molecule has 18 heavy (non-hydrogen) atoms. The van der Waals surface area contributed by atoms with E-state index in [0.717, 1.165) is 41.9 Å². The van der Waals surface area contributed by atoms with Crippen molar-refractivity contribution in [3.05, 3.63) is 22.4 Å². The van der Waals surface area contributed by atoms with Crippen molar-refractivity contribution < 1.29 is 4.79 Å². The van der Waals surface area contributed by atoms with Gasteiger partial charge < -0.3 is 10.6 Å². The number of aromatic nitrogens is 1. The van der Waals surface area contributed by atoms with E-state index in [0.29, 0.717) is 0 Å². The first-order valence-electron chi connectivity index (χ1n) is 6.17. The summed E-state index contributed by atoms with van der Waals surface area (Å²) in [7, 11) is 0. The molecule has 0 radical (unpaired) electrons. The third kappa shape index (κ3) is 2.90. The van der Waals surface area contributed by atoms with E-state index in [1.165, 1.54) is 0 Å². The SMILES string of the molecule is Cc1nc(Br)ccc1NC(=O)C1(C)CCCNC1. The summed E-state index contributed by atoms with van der Waals surface area (Å²) in [5, 5.41) is 6.27. The predicted molar refractivity (Wildman–Crippen MR) is 75.5 cm³/mol.